The van der Waals surface area contributed by atoms with Crippen LogP contribution in [-0.2, 0) is 4.79 Å². The molecule has 100 valence electrons. The molecular weight excluding hydrogens is 240 g/mol. The fraction of sp³-hybridized carbons (Fsp3) is 0.417. The number of nitrogens with one attached hydrogen (secondary N) is 2. The van der Waals surface area contributed by atoms with Gasteiger partial charge in [-0.25, -0.2) is 8.78 Å². The molecule has 0 fully saturated rings. The van der Waals surface area contributed by atoms with Crippen molar-refractivity contribution < 1.29 is 13.6 Å². The Morgan fingerprint density at radius 3 is 2.67 bits per heavy atom. The summed E-state index contributed by atoms with van der Waals surface area (Å²) in [5.41, 5.74) is 0.251. The molecule has 0 radical (unpaired) electrons. The molecule has 2 N–H and O–H groups in total. The van der Waals surface area contributed by atoms with Gasteiger partial charge in [-0.2, -0.15) is 0 Å². The smallest absolute Gasteiger partial charge is 0.238 e. The molecule has 0 aromatic heterocycles. The zero-order chi connectivity index (χ0) is 13.5. The molecule has 0 unspecified atom stereocenters. The maximum Gasteiger partial charge on any atom is 0.238 e. The van der Waals surface area contributed by atoms with E-state index in [0.29, 0.717) is 0 Å². The van der Waals surface area contributed by atoms with Crippen LogP contribution in [0.15, 0.2) is 18.2 Å². The van der Waals surface area contributed by atoms with Gasteiger partial charge >= 0.3 is 0 Å². The van der Waals surface area contributed by atoms with Gasteiger partial charge in [0, 0.05) is 24.8 Å². The molecule has 0 heterocycles. The minimum Gasteiger partial charge on any atom is -0.325 e. The Balaban J connectivity index is 2.46. The van der Waals surface area contributed by atoms with Crippen molar-refractivity contribution in [3.8, 4) is 0 Å². The number of carbonyl (C=O) groups is 1. The first kappa shape index (κ1) is 14.5. The van der Waals surface area contributed by atoms with Gasteiger partial charge in [-0.3, -0.25) is 9.69 Å². The van der Waals surface area contributed by atoms with Crippen LogP contribution in [0.1, 0.15) is 0 Å². The Labute approximate surface area is 105 Å². The molecule has 0 aliphatic carbocycles. The van der Waals surface area contributed by atoms with Crippen molar-refractivity contribution in [3.63, 3.8) is 0 Å². The molecule has 6 heteroatoms. The lowest BCUT2D eigenvalue weighted by atomic mass is 10.3. The largest absolute Gasteiger partial charge is 0.325 e. The van der Waals surface area contributed by atoms with Crippen molar-refractivity contribution in [1.82, 2.24) is 10.2 Å². The highest BCUT2D eigenvalue weighted by Gasteiger charge is 2.08. The van der Waals surface area contributed by atoms with Gasteiger partial charge in [0.25, 0.3) is 0 Å². The summed E-state index contributed by atoms with van der Waals surface area (Å²) in [5, 5.41) is 5.48. The molecule has 4 nitrogen and oxygen atoms in total. The molecule has 1 amide bonds. The molecule has 18 heavy (non-hydrogen) atoms. The number of anilines is 1. The predicted molar refractivity (Wildman–Crippen MR) is 66.4 cm³/mol. The zero-order valence-corrected chi connectivity index (χ0v) is 10.5. The van der Waals surface area contributed by atoms with Gasteiger partial charge in [0.2, 0.25) is 5.91 Å². The summed E-state index contributed by atoms with van der Waals surface area (Å²) in [4.78, 5) is 13.4. The number of hydrogen-bond acceptors (Lipinski definition) is 3. The number of carbonyl (C=O) groups excluding carboxylic acids is 1. The minimum absolute atomic E-state index is 0.195. The van der Waals surface area contributed by atoms with Crippen LogP contribution in [0.4, 0.5) is 14.5 Å². The number of amides is 1. The van der Waals surface area contributed by atoms with Gasteiger partial charge in [-0.05, 0) is 26.2 Å². The summed E-state index contributed by atoms with van der Waals surface area (Å²) < 4.78 is 25.6. The molecule has 0 saturated heterocycles. The second kappa shape index (κ2) is 7.03. The third kappa shape index (κ3) is 4.77. The van der Waals surface area contributed by atoms with Crippen molar-refractivity contribution in [2.45, 2.75) is 0 Å². The number of benzene rings is 1. The van der Waals surface area contributed by atoms with Crippen molar-refractivity contribution in [2.75, 3.05) is 39.0 Å². The standard InChI is InChI=1S/C12H17F2N3O/c1-15-5-6-17(2)8-12(18)16-9-3-4-10(13)11(14)7-9/h3-4,7,15H,5-6,8H2,1-2H3,(H,16,18). The lowest BCUT2D eigenvalue weighted by molar-refractivity contribution is -0.117. The Kier molecular flexibility index (Phi) is 5.67. The lowest BCUT2D eigenvalue weighted by Gasteiger charge is -2.15. The first-order chi connectivity index (χ1) is 8.52. The second-order valence-corrected chi connectivity index (χ2v) is 4.02. The fourth-order valence-electron chi connectivity index (χ4n) is 1.40. The third-order valence-electron chi connectivity index (χ3n) is 2.36. The molecule has 0 saturated carbocycles. The molecule has 0 atom stereocenters. The van der Waals surface area contributed by atoms with E-state index in [1.165, 1.54) is 6.07 Å². The average Bonchev–Trinajstić information content (AvgIpc) is 2.31. The van der Waals surface area contributed by atoms with Crippen LogP contribution in [-0.4, -0.2) is 44.5 Å². The topological polar surface area (TPSA) is 44.4 Å². The van der Waals surface area contributed by atoms with E-state index >= 15 is 0 Å². The third-order valence-corrected chi connectivity index (χ3v) is 2.36. The van der Waals surface area contributed by atoms with Crippen LogP contribution in [0.3, 0.4) is 0 Å². The lowest BCUT2D eigenvalue weighted by Crippen LogP contribution is -2.34. The van der Waals surface area contributed by atoms with Crippen molar-refractivity contribution in [2.24, 2.45) is 0 Å². The SMILES string of the molecule is CNCCN(C)CC(=O)Nc1ccc(F)c(F)c1. The molecule has 1 rings (SSSR count). The number of rotatable bonds is 6. The Morgan fingerprint density at radius 2 is 2.06 bits per heavy atom. The highest BCUT2D eigenvalue weighted by Crippen LogP contribution is 2.12. The van der Waals surface area contributed by atoms with E-state index in [1.807, 2.05) is 19.0 Å². The van der Waals surface area contributed by atoms with Crippen LogP contribution >= 0.6 is 0 Å². The highest BCUT2D eigenvalue weighted by atomic mass is 19.2. The summed E-state index contributed by atoms with van der Waals surface area (Å²) in [6, 6.07) is 3.26. The van der Waals surface area contributed by atoms with Crippen molar-refractivity contribution in [3.05, 3.63) is 29.8 Å². The maximum absolute atomic E-state index is 12.9. The normalized spacial score (nSPS) is 10.7. The van der Waals surface area contributed by atoms with E-state index in [9.17, 15) is 13.6 Å². The van der Waals surface area contributed by atoms with Gasteiger partial charge in [-0.1, -0.05) is 0 Å². The Bertz CT molecular complexity index is 412. The summed E-state index contributed by atoms with van der Waals surface area (Å²) in [5.74, 6) is -2.17. The van der Waals surface area contributed by atoms with Gasteiger partial charge in [0.05, 0.1) is 6.54 Å². The van der Waals surface area contributed by atoms with E-state index in [2.05, 4.69) is 10.6 Å². The van der Waals surface area contributed by atoms with E-state index in [-0.39, 0.29) is 18.1 Å². The monoisotopic (exact) mass is 257 g/mol. The quantitative estimate of drug-likeness (QED) is 0.801. The fourth-order valence-corrected chi connectivity index (χ4v) is 1.40. The van der Waals surface area contributed by atoms with E-state index < -0.39 is 11.6 Å². The van der Waals surface area contributed by atoms with Crippen molar-refractivity contribution >= 4 is 11.6 Å². The van der Waals surface area contributed by atoms with Crippen LogP contribution < -0.4 is 10.6 Å². The van der Waals surface area contributed by atoms with E-state index in [4.69, 9.17) is 0 Å². The minimum atomic E-state index is -0.976. The summed E-state index contributed by atoms with van der Waals surface area (Å²) in [6.07, 6.45) is 0. The van der Waals surface area contributed by atoms with Crippen LogP contribution in [0, 0.1) is 11.6 Å². The van der Waals surface area contributed by atoms with Crippen molar-refractivity contribution in [1.29, 1.82) is 0 Å². The van der Waals surface area contributed by atoms with Gasteiger partial charge in [-0.15, -0.1) is 0 Å². The molecular formula is C12H17F2N3O. The first-order valence-electron chi connectivity index (χ1n) is 5.61. The zero-order valence-electron chi connectivity index (χ0n) is 10.5. The number of hydrogen-bond donors (Lipinski definition) is 2. The summed E-state index contributed by atoms with van der Waals surface area (Å²) in [7, 11) is 3.64. The first-order valence-corrected chi connectivity index (χ1v) is 5.61. The second-order valence-electron chi connectivity index (χ2n) is 4.02. The molecule has 0 aliphatic rings. The van der Waals surface area contributed by atoms with E-state index in [1.54, 1.807) is 0 Å². The maximum atomic E-state index is 12.9. The Morgan fingerprint density at radius 1 is 1.33 bits per heavy atom. The van der Waals surface area contributed by atoms with E-state index in [0.717, 1.165) is 25.2 Å². The van der Waals surface area contributed by atoms with Crippen LogP contribution in [0.25, 0.3) is 0 Å². The molecule has 0 spiro atoms. The molecule has 1 aromatic rings. The summed E-state index contributed by atoms with van der Waals surface area (Å²) in [6.45, 7) is 1.69. The molecule has 0 bridgehead atoms. The highest BCUT2D eigenvalue weighted by molar-refractivity contribution is 5.92. The van der Waals surface area contributed by atoms with Gasteiger partial charge in [0.15, 0.2) is 11.6 Å². The molecule has 0 aliphatic heterocycles. The predicted octanol–water partition coefficient (Wildman–Crippen LogP) is 1.05. The van der Waals surface area contributed by atoms with Gasteiger partial charge in [0.1, 0.15) is 0 Å². The average molecular weight is 257 g/mol. The van der Waals surface area contributed by atoms with Crippen LogP contribution in [0.2, 0.25) is 0 Å². The number of likely N-dealkylation sites (N-methyl/N-ethyl adjacent to an activating group) is 2. The number of halogens is 2. The summed E-state index contributed by atoms with van der Waals surface area (Å²) >= 11 is 0. The van der Waals surface area contributed by atoms with Crippen LogP contribution in [0.5, 0.6) is 0 Å². The molecule has 1 aromatic carbocycles. The number of nitrogens with zero attached hydrogens (tertiary/aromatic N) is 1. The Hall–Kier alpha value is -1.53. The van der Waals surface area contributed by atoms with Gasteiger partial charge < -0.3 is 10.6 Å².